The Kier molecular flexibility index (Phi) is 5.61. The molecule has 0 radical (unpaired) electrons. The summed E-state index contributed by atoms with van der Waals surface area (Å²) in [5.74, 6) is 2.96. The van der Waals surface area contributed by atoms with Crippen LogP contribution in [0.1, 0.15) is 43.9 Å². The first-order chi connectivity index (χ1) is 9.76. The number of methoxy groups -OCH3 is 2. The fourth-order valence-electron chi connectivity index (χ4n) is 2.84. The lowest BCUT2D eigenvalue weighted by Crippen LogP contribution is -2.34. The van der Waals surface area contributed by atoms with Crippen LogP contribution in [0, 0.1) is 0 Å². The molecule has 0 aliphatic carbocycles. The summed E-state index contributed by atoms with van der Waals surface area (Å²) in [6, 6.07) is 4.39. The van der Waals surface area contributed by atoms with Crippen LogP contribution in [-0.2, 0) is 5.75 Å². The van der Waals surface area contributed by atoms with E-state index in [0.717, 1.165) is 36.6 Å². The molecule has 3 nitrogen and oxygen atoms in total. The molecule has 4 heteroatoms. The predicted octanol–water partition coefficient (Wildman–Crippen LogP) is 3.77. The first kappa shape index (κ1) is 15.5. The molecule has 0 amide bonds. The standard InChI is InChI=1S/C16H25NO2S/c1-5-9-17-16-14(6-2)20-10-11-12(18-3)7-8-13(19-4)15(11)16/h7-8,14,16-17H,5-6,9-10H2,1-4H3. The van der Waals surface area contributed by atoms with Crippen LogP contribution in [0.25, 0.3) is 0 Å². The van der Waals surface area contributed by atoms with Gasteiger partial charge in [0, 0.05) is 28.2 Å². The molecule has 0 fully saturated rings. The van der Waals surface area contributed by atoms with Crippen LogP contribution in [0.15, 0.2) is 12.1 Å². The Hall–Kier alpha value is -0.870. The molecule has 1 N–H and O–H groups in total. The van der Waals surface area contributed by atoms with E-state index < -0.39 is 0 Å². The molecule has 2 unspecified atom stereocenters. The van der Waals surface area contributed by atoms with Gasteiger partial charge in [0.05, 0.1) is 14.2 Å². The van der Waals surface area contributed by atoms with Gasteiger partial charge in [0.15, 0.2) is 0 Å². The van der Waals surface area contributed by atoms with Gasteiger partial charge in [-0.2, -0.15) is 11.8 Å². The van der Waals surface area contributed by atoms with E-state index in [0.29, 0.717) is 11.3 Å². The fourth-order valence-corrected chi connectivity index (χ4v) is 4.18. The highest BCUT2D eigenvalue weighted by molar-refractivity contribution is 7.99. The first-order valence-corrected chi connectivity index (χ1v) is 8.40. The Morgan fingerprint density at radius 2 is 1.90 bits per heavy atom. The van der Waals surface area contributed by atoms with Gasteiger partial charge >= 0.3 is 0 Å². The minimum absolute atomic E-state index is 0.346. The quantitative estimate of drug-likeness (QED) is 0.865. The maximum Gasteiger partial charge on any atom is 0.124 e. The zero-order valence-electron chi connectivity index (χ0n) is 12.9. The van der Waals surface area contributed by atoms with Crippen molar-refractivity contribution in [3.05, 3.63) is 23.3 Å². The monoisotopic (exact) mass is 295 g/mol. The zero-order valence-corrected chi connectivity index (χ0v) is 13.7. The Morgan fingerprint density at radius 1 is 1.20 bits per heavy atom. The van der Waals surface area contributed by atoms with Crippen LogP contribution in [0.3, 0.4) is 0 Å². The maximum atomic E-state index is 5.61. The van der Waals surface area contributed by atoms with Gasteiger partial charge < -0.3 is 14.8 Å². The Labute approximate surface area is 126 Å². The third kappa shape index (κ3) is 2.91. The summed E-state index contributed by atoms with van der Waals surface area (Å²) in [7, 11) is 3.49. The van der Waals surface area contributed by atoms with Crippen LogP contribution in [0.5, 0.6) is 11.5 Å². The topological polar surface area (TPSA) is 30.5 Å². The number of benzene rings is 1. The molecular formula is C16H25NO2S. The van der Waals surface area contributed by atoms with Gasteiger partial charge in [-0.05, 0) is 31.5 Å². The third-order valence-corrected chi connectivity index (χ3v) is 5.34. The van der Waals surface area contributed by atoms with Crippen LogP contribution < -0.4 is 14.8 Å². The van der Waals surface area contributed by atoms with Crippen molar-refractivity contribution in [3.63, 3.8) is 0 Å². The summed E-state index contributed by atoms with van der Waals surface area (Å²) < 4.78 is 11.1. The second kappa shape index (κ2) is 7.23. The minimum atomic E-state index is 0.346. The van der Waals surface area contributed by atoms with Crippen molar-refractivity contribution in [2.45, 2.75) is 43.7 Å². The van der Waals surface area contributed by atoms with E-state index in [1.54, 1.807) is 14.2 Å². The lowest BCUT2D eigenvalue weighted by Gasteiger charge is -2.35. The summed E-state index contributed by atoms with van der Waals surface area (Å²) >= 11 is 2.02. The number of fused-ring (bicyclic) bond motifs is 1. The third-order valence-electron chi connectivity index (χ3n) is 3.86. The number of hydrogen-bond acceptors (Lipinski definition) is 4. The van der Waals surface area contributed by atoms with Crippen molar-refractivity contribution in [1.82, 2.24) is 5.32 Å². The van der Waals surface area contributed by atoms with Crippen molar-refractivity contribution < 1.29 is 9.47 Å². The number of hydrogen-bond donors (Lipinski definition) is 1. The molecule has 2 atom stereocenters. The van der Waals surface area contributed by atoms with Crippen LogP contribution in [-0.4, -0.2) is 26.0 Å². The summed E-state index contributed by atoms with van der Waals surface area (Å²) in [5, 5.41) is 4.29. The van der Waals surface area contributed by atoms with E-state index in [-0.39, 0.29) is 0 Å². The molecule has 20 heavy (non-hydrogen) atoms. The Morgan fingerprint density at radius 3 is 2.50 bits per heavy atom. The van der Waals surface area contributed by atoms with Crippen molar-refractivity contribution >= 4 is 11.8 Å². The van der Waals surface area contributed by atoms with Gasteiger partial charge in [0.2, 0.25) is 0 Å². The highest BCUT2D eigenvalue weighted by Gasteiger charge is 2.33. The van der Waals surface area contributed by atoms with Crippen molar-refractivity contribution in [2.24, 2.45) is 0 Å². The molecular weight excluding hydrogens is 270 g/mol. The molecule has 1 heterocycles. The number of thioether (sulfide) groups is 1. The highest BCUT2D eigenvalue weighted by atomic mass is 32.2. The lowest BCUT2D eigenvalue weighted by atomic mass is 9.94. The fraction of sp³-hybridized carbons (Fsp3) is 0.625. The van der Waals surface area contributed by atoms with E-state index >= 15 is 0 Å². The minimum Gasteiger partial charge on any atom is -0.496 e. The predicted molar refractivity (Wildman–Crippen MR) is 86.0 cm³/mol. The maximum absolute atomic E-state index is 5.61. The van der Waals surface area contributed by atoms with Gasteiger partial charge in [-0.3, -0.25) is 0 Å². The molecule has 0 saturated heterocycles. The molecule has 0 aromatic heterocycles. The van der Waals surface area contributed by atoms with Gasteiger partial charge in [-0.1, -0.05) is 13.8 Å². The smallest absolute Gasteiger partial charge is 0.124 e. The molecule has 1 aliphatic heterocycles. The average Bonchev–Trinajstić information content (AvgIpc) is 2.51. The second-order valence-electron chi connectivity index (χ2n) is 5.05. The molecule has 0 bridgehead atoms. The molecule has 0 saturated carbocycles. The van der Waals surface area contributed by atoms with Crippen molar-refractivity contribution in [2.75, 3.05) is 20.8 Å². The number of rotatable bonds is 6. The molecule has 1 aliphatic rings. The van der Waals surface area contributed by atoms with E-state index in [4.69, 9.17) is 9.47 Å². The summed E-state index contributed by atoms with van der Waals surface area (Å²) in [6.07, 6.45) is 2.30. The van der Waals surface area contributed by atoms with Gasteiger partial charge in [0.25, 0.3) is 0 Å². The lowest BCUT2D eigenvalue weighted by molar-refractivity contribution is 0.381. The van der Waals surface area contributed by atoms with E-state index in [2.05, 4.69) is 19.2 Å². The number of ether oxygens (including phenoxy) is 2. The molecule has 112 valence electrons. The van der Waals surface area contributed by atoms with Gasteiger partial charge in [-0.15, -0.1) is 0 Å². The van der Waals surface area contributed by atoms with E-state index in [1.807, 2.05) is 23.9 Å². The summed E-state index contributed by atoms with van der Waals surface area (Å²) in [4.78, 5) is 0. The normalized spacial score (nSPS) is 21.4. The second-order valence-corrected chi connectivity index (χ2v) is 6.28. The molecule has 0 spiro atoms. The largest absolute Gasteiger partial charge is 0.496 e. The van der Waals surface area contributed by atoms with Gasteiger partial charge in [-0.25, -0.2) is 0 Å². The number of nitrogens with one attached hydrogen (secondary N) is 1. The Bertz CT molecular complexity index is 450. The SMILES string of the molecule is CCCNC1c2c(OC)ccc(OC)c2CSC1CC. The molecule has 1 aromatic rings. The Balaban J connectivity index is 2.46. The van der Waals surface area contributed by atoms with E-state index in [9.17, 15) is 0 Å². The van der Waals surface area contributed by atoms with Crippen molar-refractivity contribution in [1.29, 1.82) is 0 Å². The van der Waals surface area contributed by atoms with Crippen LogP contribution >= 0.6 is 11.8 Å². The average molecular weight is 295 g/mol. The van der Waals surface area contributed by atoms with Crippen LogP contribution in [0.4, 0.5) is 0 Å². The van der Waals surface area contributed by atoms with Crippen molar-refractivity contribution in [3.8, 4) is 11.5 Å². The zero-order chi connectivity index (χ0) is 14.5. The molecule has 1 aromatic carbocycles. The van der Waals surface area contributed by atoms with E-state index in [1.165, 1.54) is 11.1 Å². The summed E-state index contributed by atoms with van der Waals surface area (Å²) in [6.45, 7) is 5.49. The van der Waals surface area contributed by atoms with Crippen LogP contribution in [0.2, 0.25) is 0 Å². The summed E-state index contributed by atoms with van der Waals surface area (Å²) in [5.41, 5.74) is 2.58. The van der Waals surface area contributed by atoms with Gasteiger partial charge in [0.1, 0.15) is 11.5 Å². The molecule has 2 rings (SSSR count). The first-order valence-electron chi connectivity index (χ1n) is 7.35. The highest BCUT2D eigenvalue weighted by Crippen LogP contribution is 2.46.